The third-order valence-electron chi connectivity index (χ3n) is 12.2. The second-order valence-corrected chi connectivity index (χ2v) is 19.9. The number of rotatable bonds is 19. The molecule has 0 bridgehead atoms. The molecule has 0 aliphatic carbocycles. The van der Waals surface area contributed by atoms with Gasteiger partial charge in [0.2, 0.25) is 11.8 Å². The highest BCUT2D eigenvalue weighted by atomic mass is 33.1. The van der Waals surface area contributed by atoms with E-state index in [1.54, 1.807) is 13.8 Å². The van der Waals surface area contributed by atoms with Gasteiger partial charge in [-0.2, -0.15) is 10.2 Å². The smallest absolute Gasteiger partial charge is 0.412 e. The summed E-state index contributed by atoms with van der Waals surface area (Å²) in [6.07, 6.45) is 1.05. The molecule has 70 heavy (non-hydrogen) atoms. The van der Waals surface area contributed by atoms with Gasteiger partial charge in [0, 0.05) is 35.7 Å². The average molecular weight is 979 g/mol. The van der Waals surface area contributed by atoms with Crippen LogP contribution in [0.15, 0.2) is 158 Å². The van der Waals surface area contributed by atoms with Crippen molar-refractivity contribution in [2.75, 3.05) is 24.6 Å². The van der Waals surface area contributed by atoms with Crippen molar-refractivity contribution in [3.05, 3.63) is 181 Å². The van der Waals surface area contributed by atoms with Crippen molar-refractivity contribution < 1.29 is 28.7 Å². The summed E-state index contributed by atoms with van der Waals surface area (Å²) in [4.78, 5) is 60.0. The maximum atomic E-state index is 14.9. The van der Waals surface area contributed by atoms with Gasteiger partial charge in [-0.15, -0.1) is 0 Å². The quantitative estimate of drug-likeness (QED) is 0.0456. The number of ether oxygens (including phenoxy) is 2. The molecule has 4 amide bonds. The summed E-state index contributed by atoms with van der Waals surface area (Å²) in [5.41, 5.74) is 7.69. The first-order valence-corrected chi connectivity index (χ1v) is 26.0. The van der Waals surface area contributed by atoms with Gasteiger partial charge in [-0.3, -0.25) is 19.0 Å². The molecule has 2 aromatic heterocycles. The first kappa shape index (κ1) is 49.4. The van der Waals surface area contributed by atoms with E-state index in [0.29, 0.717) is 51.9 Å². The van der Waals surface area contributed by atoms with Gasteiger partial charge in [0.25, 0.3) is 0 Å². The number of allylic oxidation sites excluding steroid dienone is 2. The zero-order chi connectivity index (χ0) is 49.0. The third kappa shape index (κ3) is 12.6. The standard InChI is InChI=1S/C54H58N8O6S2/c1-37(2)67-53(65)55-45(51(63)59-29-31-61-49(33-43(57-61)41-21-13-7-14-22-41)47(59)27-25-39-17-9-5-10-18-39)35-69-70-36-46(56-54(66)68-38(3)4)52(64)60-30-32-62-50(34-44(58-62)42-23-15-8-16-24-42)48(60)28-26-40-19-11-6-12-20-40/h5-24,33-34,45-48H,1,3,25-32,35-36H2,2,4H3,(H,55,65)(H,56,66)/t45-,46-,47?,48?/m0/s1. The molecule has 2 N–H and O–H groups in total. The predicted molar refractivity (Wildman–Crippen MR) is 275 cm³/mol. The molecule has 4 heterocycles. The van der Waals surface area contributed by atoms with E-state index in [-0.39, 0.29) is 46.9 Å². The Balaban J connectivity index is 1.02. The predicted octanol–water partition coefficient (Wildman–Crippen LogP) is 9.78. The maximum absolute atomic E-state index is 14.9. The van der Waals surface area contributed by atoms with Crippen LogP contribution >= 0.6 is 21.6 Å². The van der Waals surface area contributed by atoms with Crippen LogP contribution in [0, 0.1) is 0 Å². The maximum Gasteiger partial charge on any atom is 0.412 e. The van der Waals surface area contributed by atoms with Crippen molar-refractivity contribution in [1.29, 1.82) is 0 Å². The zero-order valence-electron chi connectivity index (χ0n) is 39.4. The molecule has 2 aliphatic rings. The number of alkyl carbamates (subject to hydrolysis) is 2. The second-order valence-electron chi connectivity index (χ2n) is 17.4. The SMILES string of the molecule is C=C(C)OC(=O)N[C@@H](CSSC[C@H](NC(=O)OC(=C)C)C(=O)N1CCn2nc(-c3ccccc3)cc2C1CCc1ccccc1)C(=O)N1CCn2nc(-c3ccccc3)cc2C1CCc1ccccc1. The van der Waals surface area contributed by atoms with Crippen LogP contribution in [0.4, 0.5) is 9.59 Å². The molecular weight excluding hydrogens is 921 g/mol. The fraction of sp³-hybridized carbons (Fsp3) is 0.296. The molecule has 16 heteroatoms. The number of carbonyl (C=O) groups excluding carboxylic acids is 4. The molecule has 0 fully saturated rings. The number of hydrogen-bond acceptors (Lipinski definition) is 10. The Morgan fingerprint density at radius 2 is 0.929 bits per heavy atom. The number of aryl methyl sites for hydroxylation is 2. The summed E-state index contributed by atoms with van der Waals surface area (Å²) in [7, 11) is 2.62. The molecule has 0 spiro atoms. The molecular formula is C54H58N8O6S2. The average Bonchev–Trinajstić information content (AvgIpc) is 4.01. The highest BCUT2D eigenvalue weighted by molar-refractivity contribution is 8.76. The summed E-state index contributed by atoms with van der Waals surface area (Å²) in [5.74, 6) is 0.0242. The lowest BCUT2D eigenvalue weighted by Gasteiger charge is -2.38. The summed E-state index contributed by atoms with van der Waals surface area (Å²) in [5, 5.41) is 15.5. The van der Waals surface area contributed by atoms with Crippen LogP contribution in [-0.2, 0) is 45.0 Å². The van der Waals surface area contributed by atoms with E-state index in [1.807, 2.05) is 116 Å². The van der Waals surface area contributed by atoms with Crippen molar-refractivity contribution >= 4 is 45.6 Å². The Hall–Kier alpha value is -7.04. The minimum atomic E-state index is -1.02. The Morgan fingerprint density at radius 3 is 1.29 bits per heavy atom. The molecule has 362 valence electrons. The normalized spacial score (nSPS) is 16.0. The van der Waals surface area contributed by atoms with Gasteiger partial charge in [0.1, 0.15) is 12.1 Å². The fourth-order valence-corrected chi connectivity index (χ4v) is 11.3. The lowest BCUT2D eigenvalue weighted by atomic mass is 9.98. The van der Waals surface area contributed by atoms with E-state index in [0.717, 1.165) is 45.0 Å². The number of fused-ring (bicyclic) bond motifs is 2. The molecule has 0 saturated carbocycles. The Morgan fingerprint density at radius 1 is 0.571 bits per heavy atom. The number of nitrogens with zero attached hydrogens (tertiary/aromatic N) is 6. The molecule has 14 nitrogen and oxygen atoms in total. The monoisotopic (exact) mass is 978 g/mol. The summed E-state index contributed by atoms with van der Waals surface area (Å²) in [6, 6.07) is 41.5. The number of carbonyl (C=O) groups is 4. The largest absolute Gasteiger partial charge is 0.416 e. The first-order valence-electron chi connectivity index (χ1n) is 23.5. The van der Waals surface area contributed by atoms with Gasteiger partial charge in [-0.25, -0.2) is 9.59 Å². The van der Waals surface area contributed by atoms with Gasteiger partial charge in [0.15, 0.2) is 0 Å². The molecule has 2 unspecified atom stereocenters. The topological polar surface area (TPSA) is 153 Å². The van der Waals surface area contributed by atoms with E-state index in [9.17, 15) is 19.2 Å². The molecule has 4 atom stereocenters. The molecule has 8 rings (SSSR count). The second kappa shape index (κ2) is 23.5. The van der Waals surface area contributed by atoms with Gasteiger partial charge in [-0.05, 0) is 62.8 Å². The minimum absolute atomic E-state index is 0.118. The van der Waals surface area contributed by atoms with Gasteiger partial charge in [0.05, 0.1) is 59.5 Å². The van der Waals surface area contributed by atoms with Crippen LogP contribution < -0.4 is 10.6 Å². The Bertz CT molecular complexity index is 2580. The Labute approximate surface area is 416 Å². The van der Waals surface area contributed by atoms with Crippen LogP contribution in [0.25, 0.3) is 22.5 Å². The molecule has 4 aromatic carbocycles. The van der Waals surface area contributed by atoms with Crippen LogP contribution in [-0.4, -0.2) is 90.0 Å². The van der Waals surface area contributed by atoms with Crippen LogP contribution in [0.3, 0.4) is 0 Å². The zero-order valence-corrected chi connectivity index (χ0v) is 41.1. The van der Waals surface area contributed by atoms with Gasteiger partial charge in [-0.1, -0.05) is 156 Å². The first-order chi connectivity index (χ1) is 34.0. The van der Waals surface area contributed by atoms with Gasteiger partial charge < -0.3 is 29.9 Å². The summed E-state index contributed by atoms with van der Waals surface area (Å²) in [6.45, 7) is 12.2. The lowest BCUT2D eigenvalue weighted by molar-refractivity contribution is -0.137. The fourth-order valence-electron chi connectivity index (χ4n) is 8.97. The third-order valence-corrected chi connectivity index (χ3v) is 14.7. The summed E-state index contributed by atoms with van der Waals surface area (Å²) >= 11 is 0. The number of nitrogens with one attached hydrogen (secondary N) is 2. The number of benzene rings is 4. The van der Waals surface area contributed by atoms with Gasteiger partial charge >= 0.3 is 12.2 Å². The highest BCUT2D eigenvalue weighted by Crippen LogP contribution is 2.36. The molecule has 2 aliphatic heterocycles. The van der Waals surface area contributed by atoms with E-state index < -0.39 is 24.3 Å². The lowest BCUT2D eigenvalue weighted by Crippen LogP contribution is -2.53. The molecule has 6 aromatic rings. The number of amides is 4. The molecule has 0 radical (unpaired) electrons. The number of hydrogen-bond donors (Lipinski definition) is 2. The Kier molecular flexibility index (Phi) is 16.6. The van der Waals surface area contributed by atoms with Crippen molar-refractivity contribution in [3.8, 4) is 22.5 Å². The van der Waals surface area contributed by atoms with Crippen LogP contribution in [0.2, 0.25) is 0 Å². The van der Waals surface area contributed by atoms with Crippen molar-refractivity contribution in [3.63, 3.8) is 0 Å². The van der Waals surface area contributed by atoms with Crippen molar-refractivity contribution in [2.45, 2.75) is 76.8 Å². The summed E-state index contributed by atoms with van der Waals surface area (Å²) < 4.78 is 14.6. The van der Waals surface area contributed by atoms with E-state index in [1.165, 1.54) is 21.6 Å². The number of aromatic nitrogens is 4. The van der Waals surface area contributed by atoms with E-state index in [2.05, 4.69) is 60.2 Å². The highest BCUT2D eigenvalue weighted by Gasteiger charge is 2.39. The van der Waals surface area contributed by atoms with Crippen molar-refractivity contribution in [2.24, 2.45) is 0 Å². The van der Waals surface area contributed by atoms with Crippen molar-refractivity contribution in [1.82, 2.24) is 40.0 Å². The minimum Gasteiger partial charge on any atom is -0.416 e. The van der Waals surface area contributed by atoms with Crippen LogP contribution in [0.1, 0.15) is 61.3 Å². The van der Waals surface area contributed by atoms with E-state index in [4.69, 9.17) is 19.7 Å². The van der Waals surface area contributed by atoms with E-state index >= 15 is 0 Å². The molecule has 0 saturated heterocycles. The van der Waals surface area contributed by atoms with Crippen LogP contribution in [0.5, 0.6) is 0 Å².